The molecule has 350 valence electrons. The number of thiophene rings is 1. The van der Waals surface area contributed by atoms with Gasteiger partial charge in [-0.15, -0.1) is 34.4 Å². The largest absolute Gasteiger partial charge is 1.00 e. The number of esters is 1. The first-order chi connectivity index (χ1) is 31.7. The van der Waals surface area contributed by atoms with Crippen LogP contribution in [0.4, 0.5) is 15.1 Å². The highest BCUT2D eigenvalue weighted by molar-refractivity contribution is 8.00. The predicted molar refractivity (Wildman–Crippen MR) is 253 cm³/mol. The number of thioether (sulfide) groups is 1. The highest BCUT2D eigenvalue weighted by atomic mass is 127. The minimum Gasteiger partial charge on any atom is -1.00 e. The zero-order valence-electron chi connectivity index (χ0n) is 36.3. The number of oxime groups is 1. The fraction of sp³-hybridized carbons (Fsp3) is 0.279. The Hall–Kier alpha value is -5.60. The number of pyridine rings is 1. The Kier molecular flexibility index (Phi) is 15.6. The van der Waals surface area contributed by atoms with Gasteiger partial charge in [-0.05, 0) is 50.6 Å². The van der Waals surface area contributed by atoms with Gasteiger partial charge >= 0.3 is 12.1 Å². The zero-order chi connectivity index (χ0) is 46.7. The van der Waals surface area contributed by atoms with E-state index in [1.165, 1.54) is 35.1 Å². The van der Waals surface area contributed by atoms with E-state index in [1.54, 1.807) is 69.7 Å². The molecule has 0 spiro atoms. The number of aromatic nitrogens is 4. The van der Waals surface area contributed by atoms with Crippen LogP contribution in [-0.4, -0.2) is 91.8 Å². The summed E-state index contributed by atoms with van der Waals surface area (Å²) in [6.07, 6.45) is 6.84. The molecule has 7 heterocycles. The summed E-state index contributed by atoms with van der Waals surface area (Å²) < 4.78 is 20.5. The summed E-state index contributed by atoms with van der Waals surface area (Å²) in [5.74, 6) is -0.774. The Morgan fingerprint density at radius 2 is 1.87 bits per heavy atom. The highest BCUT2D eigenvalue weighted by Crippen LogP contribution is 2.41. The van der Waals surface area contributed by atoms with Crippen LogP contribution in [0.3, 0.4) is 0 Å². The van der Waals surface area contributed by atoms with E-state index in [-0.39, 0.29) is 69.5 Å². The topological polar surface area (TPSA) is 215 Å². The summed E-state index contributed by atoms with van der Waals surface area (Å²) >= 11 is 11.7. The maximum absolute atomic E-state index is 14.1. The molecular weight excluding hydrogens is 1080 g/mol. The lowest BCUT2D eigenvalue weighted by atomic mass is 10.0. The van der Waals surface area contributed by atoms with Crippen molar-refractivity contribution in [3.05, 3.63) is 115 Å². The molecule has 0 radical (unpaired) electrons. The summed E-state index contributed by atoms with van der Waals surface area (Å²) in [6.45, 7) is 5.94. The number of fused-ring (bicyclic) bond motifs is 2. The number of benzene rings is 1. The van der Waals surface area contributed by atoms with Gasteiger partial charge in [0.1, 0.15) is 58.0 Å². The standard InChI is InChI=1S/C43H41ClN10O8S4.HI/c1-43(2,3)62-42(58)50-41-48-30(34(44)66-41)31(51-60-5)36(55)47-32-37(56)54-33(39(57)61-20-23-6-8-27(59-4)9-7-23)26(22-65-38(32)54)18-52-13-11-29-24(17-52)10-14-53(29)19-28-16-25(21-64-28)35(45)49-40-46-12-15-63-40;/h6-17,21,32,38H,18-20,22H2,1-5H3,(H3-,45,46,47,48,49,50,55,58);1H/t32-,38-;/m1./s1. The van der Waals surface area contributed by atoms with Crippen LogP contribution >= 0.6 is 57.4 Å². The Morgan fingerprint density at radius 3 is 2.58 bits per heavy atom. The van der Waals surface area contributed by atoms with Crippen molar-refractivity contribution in [2.24, 2.45) is 5.16 Å². The third-order valence-electron chi connectivity index (χ3n) is 9.95. The molecule has 8 rings (SSSR count). The van der Waals surface area contributed by atoms with E-state index in [0.29, 0.717) is 28.8 Å². The number of amides is 3. The molecule has 0 saturated carbocycles. The van der Waals surface area contributed by atoms with Gasteiger partial charge in [0.05, 0.1) is 24.6 Å². The summed E-state index contributed by atoms with van der Waals surface area (Å²) in [4.78, 5) is 70.3. The van der Waals surface area contributed by atoms with Gasteiger partial charge in [0.25, 0.3) is 11.8 Å². The van der Waals surface area contributed by atoms with Crippen LogP contribution in [0.5, 0.6) is 5.75 Å². The molecule has 18 nitrogen and oxygen atoms in total. The number of ether oxygens (including phenoxy) is 3. The number of hydrogen-bond donors (Lipinski definition) is 4. The van der Waals surface area contributed by atoms with E-state index >= 15 is 0 Å². The number of anilines is 2. The van der Waals surface area contributed by atoms with E-state index in [9.17, 15) is 19.2 Å². The van der Waals surface area contributed by atoms with Gasteiger partial charge in [0.15, 0.2) is 34.9 Å². The third-order valence-corrected chi connectivity index (χ3v) is 14.1. The number of nitrogens with one attached hydrogen (secondary N) is 4. The van der Waals surface area contributed by atoms with Gasteiger partial charge in [-0.2, -0.15) is 0 Å². The van der Waals surface area contributed by atoms with Gasteiger partial charge in [-0.25, -0.2) is 24.1 Å². The van der Waals surface area contributed by atoms with Crippen LogP contribution in [0.25, 0.3) is 10.9 Å². The number of thiazole rings is 2. The van der Waals surface area contributed by atoms with Crippen LogP contribution in [0.15, 0.2) is 94.4 Å². The number of methoxy groups -OCH3 is 1. The monoisotopic (exact) mass is 1120 g/mol. The molecule has 0 aliphatic carbocycles. The second kappa shape index (κ2) is 21.1. The van der Waals surface area contributed by atoms with Crippen LogP contribution in [-0.2, 0) is 48.4 Å². The van der Waals surface area contributed by atoms with Crippen molar-refractivity contribution in [2.75, 3.05) is 30.6 Å². The molecule has 6 aromatic rings. The lowest BCUT2D eigenvalue weighted by Crippen LogP contribution is -3.00. The predicted octanol–water partition coefficient (Wildman–Crippen LogP) is 3.85. The average Bonchev–Trinajstić information content (AvgIpc) is 4.12. The summed E-state index contributed by atoms with van der Waals surface area (Å²) in [6, 6.07) is 12.0. The van der Waals surface area contributed by atoms with Crippen LogP contribution in [0.2, 0.25) is 4.34 Å². The maximum Gasteiger partial charge on any atom is 0.413 e. The summed E-state index contributed by atoms with van der Waals surface area (Å²) in [7, 11) is 2.80. The molecule has 2 aliphatic heterocycles. The number of rotatable bonds is 15. The first-order valence-corrected chi connectivity index (χ1v) is 24.0. The van der Waals surface area contributed by atoms with Gasteiger partial charge in [-0.1, -0.05) is 40.2 Å². The molecule has 24 heteroatoms. The van der Waals surface area contributed by atoms with Gasteiger partial charge in [0, 0.05) is 51.0 Å². The molecule has 0 unspecified atom stereocenters. The Morgan fingerprint density at radius 1 is 1.07 bits per heavy atom. The van der Waals surface area contributed by atoms with E-state index < -0.39 is 40.9 Å². The van der Waals surface area contributed by atoms with Gasteiger partial charge in [0.2, 0.25) is 0 Å². The molecular formula is C43H42ClIN10O8S4. The molecule has 2 atom stereocenters. The Labute approximate surface area is 422 Å². The molecule has 67 heavy (non-hydrogen) atoms. The van der Waals surface area contributed by atoms with E-state index in [4.69, 9.17) is 36.1 Å². The molecule has 1 aromatic carbocycles. The zero-order valence-corrected chi connectivity index (χ0v) is 42.5. The fourth-order valence-electron chi connectivity index (χ4n) is 6.99. The minimum atomic E-state index is -1.06. The van der Waals surface area contributed by atoms with Gasteiger partial charge < -0.3 is 58.2 Å². The van der Waals surface area contributed by atoms with Crippen molar-refractivity contribution in [3.63, 3.8) is 0 Å². The van der Waals surface area contributed by atoms with Crippen molar-refractivity contribution < 1.29 is 66.8 Å². The first kappa shape index (κ1) is 49.3. The number of β-lactam (4-membered cyclic amide) rings is 1. The van der Waals surface area contributed by atoms with E-state index in [1.807, 2.05) is 52.1 Å². The number of carbonyl (C=O) groups is 4. The van der Waals surface area contributed by atoms with Crippen molar-refractivity contribution in [2.45, 2.75) is 57.5 Å². The summed E-state index contributed by atoms with van der Waals surface area (Å²) in [5.41, 5.74) is 2.05. The van der Waals surface area contributed by atoms with Crippen LogP contribution in [0, 0.1) is 5.41 Å². The molecule has 5 aromatic heterocycles. The molecule has 3 amide bonds. The van der Waals surface area contributed by atoms with E-state index in [2.05, 4.69) is 35.6 Å². The molecule has 4 N–H and O–H groups in total. The number of amidine groups is 1. The molecule has 0 bridgehead atoms. The third kappa shape index (κ3) is 11.4. The lowest BCUT2D eigenvalue weighted by Gasteiger charge is -2.49. The number of carbonyl (C=O) groups excluding carboxylic acids is 4. The number of hydrogen-bond acceptors (Lipinski definition) is 16. The quantitative estimate of drug-likeness (QED) is 0.0220. The highest BCUT2D eigenvalue weighted by Gasteiger charge is 2.55. The second-order valence-corrected chi connectivity index (χ2v) is 20.3. The maximum atomic E-state index is 14.1. The Bertz CT molecular complexity index is 2890. The SMILES string of the molecule is CON=C(C(=O)N[C@@H]1C(=O)N2C(C(=O)OCc3ccc(OC)cc3)=C(C[n+]3ccc4c(ccn4Cc4cc(C(=N)Nc5nccs5)cs4)c3)CS[C@H]12)c1nc(NC(=O)OC(C)(C)C)sc1Cl.[I-]. The minimum absolute atomic E-state index is 0. The van der Waals surface area contributed by atoms with Crippen molar-refractivity contribution >= 4 is 114 Å². The van der Waals surface area contributed by atoms with Crippen molar-refractivity contribution in [1.29, 1.82) is 5.41 Å². The number of halogens is 2. The number of nitrogens with zero attached hydrogens (tertiary/aromatic N) is 6. The first-order valence-electron chi connectivity index (χ1n) is 20.0. The average molecular weight is 1120 g/mol. The van der Waals surface area contributed by atoms with E-state index in [0.717, 1.165) is 38.2 Å². The summed E-state index contributed by atoms with van der Waals surface area (Å²) in [5, 5.41) is 25.4. The van der Waals surface area contributed by atoms with Crippen LogP contribution in [0.1, 0.15) is 42.5 Å². The van der Waals surface area contributed by atoms with Gasteiger partial charge in [-0.3, -0.25) is 25.2 Å². The van der Waals surface area contributed by atoms with Crippen LogP contribution < -0.4 is 49.2 Å². The Balaban J connectivity index is 0.00000666. The molecule has 1 saturated heterocycles. The van der Waals surface area contributed by atoms with Crippen molar-refractivity contribution in [3.8, 4) is 5.75 Å². The smallest absolute Gasteiger partial charge is 0.413 e. The molecule has 2 aliphatic rings. The van der Waals surface area contributed by atoms with Crippen molar-refractivity contribution in [1.82, 2.24) is 24.8 Å². The molecule has 1 fully saturated rings. The lowest BCUT2D eigenvalue weighted by molar-refractivity contribution is -0.687. The fourth-order valence-corrected chi connectivity index (χ4v) is 10.8. The normalized spacial score (nSPS) is 15.8. The second-order valence-electron chi connectivity index (χ2n) is 15.7.